The van der Waals surface area contributed by atoms with E-state index in [4.69, 9.17) is 4.74 Å². The van der Waals surface area contributed by atoms with Crippen LogP contribution in [0.15, 0.2) is 47.4 Å². The maximum atomic E-state index is 13.1. The summed E-state index contributed by atoms with van der Waals surface area (Å²) in [5, 5.41) is 2.91. The number of carbonyl (C=O) groups excluding carboxylic acids is 1. The van der Waals surface area contributed by atoms with Crippen molar-refractivity contribution in [3.8, 4) is 5.75 Å². The van der Waals surface area contributed by atoms with Gasteiger partial charge in [-0.25, -0.2) is 8.42 Å². The molecule has 2 aromatic carbocycles. The molecule has 0 aliphatic carbocycles. The molecule has 2 aromatic rings. The first kappa shape index (κ1) is 24.7. The monoisotopic (exact) mass is 485 g/mol. The average Bonchev–Trinajstić information content (AvgIpc) is 2.89. The average molecular weight is 486 g/mol. The molecule has 0 unspecified atom stereocenters. The highest BCUT2D eigenvalue weighted by atomic mass is 32.2. The number of hydrogen-bond donors (Lipinski definition) is 1. The second-order valence-corrected chi connectivity index (χ2v) is 11.1. The quantitative estimate of drug-likeness (QED) is 0.616. The summed E-state index contributed by atoms with van der Waals surface area (Å²) < 4.78 is 33.0. The summed E-state index contributed by atoms with van der Waals surface area (Å²) in [4.78, 5) is 15.6. The van der Waals surface area contributed by atoms with Gasteiger partial charge in [0.2, 0.25) is 10.0 Å². The van der Waals surface area contributed by atoms with E-state index in [0.717, 1.165) is 44.5 Å². The SMILES string of the molecule is COc1ccc(S(=O)(=O)N2CCCCC2)cc1C(=O)NCc1ccc(CN2CCCCC2)cc1. The third kappa shape index (κ3) is 5.98. The van der Waals surface area contributed by atoms with Crippen molar-refractivity contribution in [1.29, 1.82) is 0 Å². The zero-order valence-electron chi connectivity index (χ0n) is 20.0. The predicted molar refractivity (Wildman–Crippen MR) is 132 cm³/mol. The number of methoxy groups -OCH3 is 1. The molecule has 7 nitrogen and oxygen atoms in total. The fourth-order valence-corrected chi connectivity index (χ4v) is 6.24. The van der Waals surface area contributed by atoms with Crippen LogP contribution in [0.3, 0.4) is 0 Å². The normalized spacial score (nSPS) is 17.9. The number of likely N-dealkylation sites (tertiary alicyclic amines) is 1. The van der Waals surface area contributed by atoms with Crippen LogP contribution in [0.2, 0.25) is 0 Å². The van der Waals surface area contributed by atoms with Gasteiger partial charge < -0.3 is 10.1 Å². The lowest BCUT2D eigenvalue weighted by atomic mass is 10.1. The van der Waals surface area contributed by atoms with Gasteiger partial charge in [-0.3, -0.25) is 9.69 Å². The molecule has 2 aliphatic heterocycles. The number of carbonyl (C=O) groups is 1. The minimum Gasteiger partial charge on any atom is -0.496 e. The Kier molecular flexibility index (Phi) is 8.24. The smallest absolute Gasteiger partial charge is 0.255 e. The van der Waals surface area contributed by atoms with Gasteiger partial charge in [-0.15, -0.1) is 0 Å². The summed E-state index contributed by atoms with van der Waals surface area (Å²) in [6.45, 7) is 4.67. The highest BCUT2D eigenvalue weighted by molar-refractivity contribution is 7.89. The topological polar surface area (TPSA) is 79.0 Å². The molecule has 2 saturated heterocycles. The molecule has 34 heavy (non-hydrogen) atoms. The molecule has 0 aromatic heterocycles. The Morgan fingerprint density at radius 3 is 2.15 bits per heavy atom. The van der Waals surface area contributed by atoms with Crippen LogP contribution < -0.4 is 10.1 Å². The molecule has 2 fully saturated rings. The van der Waals surface area contributed by atoms with Crippen LogP contribution in [-0.2, 0) is 23.1 Å². The maximum absolute atomic E-state index is 13.1. The van der Waals surface area contributed by atoms with Crippen molar-refractivity contribution in [1.82, 2.24) is 14.5 Å². The highest BCUT2D eigenvalue weighted by Gasteiger charge is 2.27. The highest BCUT2D eigenvalue weighted by Crippen LogP contribution is 2.26. The predicted octanol–water partition coefficient (Wildman–Crippen LogP) is 3.79. The van der Waals surface area contributed by atoms with E-state index in [2.05, 4.69) is 22.3 Å². The van der Waals surface area contributed by atoms with Gasteiger partial charge in [0, 0.05) is 26.2 Å². The lowest BCUT2D eigenvalue weighted by Gasteiger charge is -2.26. The van der Waals surface area contributed by atoms with E-state index in [1.54, 1.807) is 6.07 Å². The lowest BCUT2D eigenvalue weighted by molar-refractivity contribution is 0.0947. The van der Waals surface area contributed by atoms with Crippen molar-refractivity contribution in [2.75, 3.05) is 33.3 Å². The summed E-state index contributed by atoms with van der Waals surface area (Å²) >= 11 is 0. The van der Waals surface area contributed by atoms with Gasteiger partial charge >= 0.3 is 0 Å². The number of ether oxygens (including phenoxy) is 1. The standard InChI is InChI=1S/C26H35N3O4S/c1-33-25-13-12-23(34(31,32)29-16-6-3-7-17-29)18-24(25)26(30)27-19-21-8-10-22(11-9-21)20-28-14-4-2-5-15-28/h8-13,18H,2-7,14-17,19-20H2,1H3,(H,27,30). The number of nitrogens with zero attached hydrogens (tertiary/aromatic N) is 2. The molecule has 0 spiro atoms. The number of nitrogens with one attached hydrogen (secondary N) is 1. The van der Waals surface area contributed by atoms with E-state index < -0.39 is 10.0 Å². The molecule has 8 heteroatoms. The summed E-state index contributed by atoms with van der Waals surface area (Å²) in [6, 6.07) is 12.8. The van der Waals surface area contributed by atoms with Crippen LogP contribution in [0.1, 0.15) is 60.0 Å². The Morgan fingerprint density at radius 1 is 0.882 bits per heavy atom. The van der Waals surface area contributed by atoms with E-state index >= 15 is 0 Å². The molecular formula is C26H35N3O4S. The minimum atomic E-state index is -3.63. The number of amides is 1. The number of piperidine rings is 2. The van der Waals surface area contributed by atoms with Crippen LogP contribution in [0.4, 0.5) is 0 Å². The largest absolute Gasteiger partial charge is 0.496 e. The van der Waals surface area contributed by atoms with Crippen molar-refractivity contribution in [3.05, 3.63) is 59.2 Å². The third-order valence-electron chi connectivity index (χ3n) is 6.70. The van der Waals surface area contributed by atoms with Gasteiger partial charge in [0.05, 0.1) is 17.6 Å². The number of benzene rings is 2. The zero-order valence-corrected chi connectivity index (χ0v) is 20.8. The Balaban J connectivity index is 1.41. The first-order chi connectivity index (χ1) is 16.5. The first-order valence-corrected chi connectivity index (χ1v) is 13.7. The fraction of sp³-hybridized carbons (Fsp3) is 0.500. The van der Waals surface area contributed by atoms with Crippen LogP contribution >= 0.6 is 0 Å². The molecule has 0 bridgehead atoms. The van der Waals surface area contributed by atoms with Crippen molar-refractivity contribution in [2.24, 2.45) is 0 Å². The molecule has 1 N–H and O–H groups in total. The summed E-state index contributed by atoms with van der Waals surface area (Å²) in [5.41, 5.74) is 2.49. The molecule has 184 valence electrons. The van der Waals surface area contributed by atoms with Gasteiger partial charge in [-0.1, -0.05) is 37.1 Å². The van der Waals surface area contributed by atoms with Crippen molar-refractivity contribution in [3.63, 3.8) is 0 Å². The van der Waals surface area contributed by atoms with E-state index in [1.165, 1.54) is 48.4 Å². The molecule has 2 aliphatic rings. The van der Waals surface area contributed by atoms with Crippen LogP contribution in [0, 0.1) is 0 Å². The Morgan fingerprint density at radius 2 is 1.50 bits per heavy atom. The minimum absolute atomic E-state index is 0.127. The van der Waals surface area contributed by atoms with Crippen molar-refractivity contribution in [2.45, 2.75) is 56.5 Å². The Labute approximate surface area is 203 Å². The number of hydrogen-bond acceptors (Lipinski definition) is 5. The second kappa shape index (κ2) is 11.3. The van der Waals surface area contributed by atoms with Crippen molar-refractivity contribution >= 4 is 15.9 Å². The lowest BCUT2D eigenvalue weighted by Crippen LogP contribution is -2.35. The van der Waals surface area contributed by atoms with Gasteiger partial charge in [0.15, 0.2) is 0 Å². The van der Waals surface area contributed by atoms with E-state index in [9.17, 15) is 13.2 Å². The zero-order chi connectivity index (χ0) is 24.0. The molecule has 0 saturated carbocycles. The molecule has 4 rings (SSSR count). The summed E-state index contributed by atoms with van der Waals surface area (Å²) in [5.74, 6) is -0.00286. The Hall–Kier alpha value is -2.42. The molecule has 1 amide bonds. The van der Waals surface area contributed by atoms with E-state index in [-0.39, 0.29) is 16.4 Å². The van der Waals surface area contributed by atoms with Crippen LogP contribution in [-0.4, -0.2) is 56.8 Å². The van der Waals surface area contributed by atoms with Gasteiger partial charge in [0.1, 0.15) is 5.75 Å². The van der Waals surface area contributed by atoms with Crippen LogP contribution in [0.25, 0.3) is 0 Å². The van der Waals surface area contributed by atoms with Gasteiger partial charge in [-0.05, 0) is 68.1 Å². The first-order valence-electron chi connectivity index (χ1n) is 12.2. The third-order valence-corrected chi connectivity index (χ3v) is 8.59. The van der Waals surface area contributed by atoms with Crippen LogP contribution in [0.5, 0.6) is 5.75 Å². The Bertz CT molecular complexity index is 1070. The van der Waals surface area contributed by atoms with E-state index in [0.29, 0.717) is 25.4 Å². The molecule has 0 atom stereocenters. The summed E-state index contributed by atoms with van der Waals surface area (Å²) in [7, 11) is -2.16. The molecular weight excluding hydrogens is 450 g/mol. The second-order valence-electron chi connectivity index (χ2n) is 9.16. The number of rotatable bonds is 8. The fourth-order valence-electron chi connectivity index (χ4n) is 4.70. The van der Waals surface area contributed by atoms with Crippen molar-refractivity contribution < 1.29 is 17.9 Å². The molecule has 0 radical (unpaired) electrons. The molecule has 2 heterocycles. The van der Waals surface area contributed by atoms with Gasteiger partial charge in [-0.2, -0.15) is 4.31 Å². The maximum Gasteiger partial charge on any atom is 0.255 e. The van der Waals surface area contributed by atoms with Gasteiger partial charge in [0.25, 0.3) is 5.91 Å². The van der Waals surface area contributed by atoms with E-state index in [1.807, 2.05) is 12.1 Å². The summed E-state index contributed by atoms with van der Waals surface area (Å²) in [6.07, 6.45) is 6.63. The number of sulfonamides is 1.